The van der Waals surface area contributed by atoms with Crippen LogP contribution in [-0.2, 0) is 5.41 Å². The number of rotatable bonds is 6. The molecular formula is C25H27N5. The number of benzene rings is 1. The largest absolute Gasteiger partial charge is 0.368 e. The quantitative estimate of drug-likeness (QED) is 0.542. The van der Waals surface area contributed by atoms with Gasteiger partial charge in [-0.3, -0.25) is 5.10 Å². The Morgan fingerprint density at radius 3 is 2.33 bits per heavy atom. The zero-order valence-corrected chi connectivity index (χ0v) is 17.5. The van der Waals surface area contributed by atoms with Crippen molar-refractivity contribution in [3.05, 3.63) is 90.1 Å². The molecule has 3 N–H and O–H groups in total. The summed E-state index contributed by atoms with van der Waals surface area (Å²) in [4.78, 5) is 8.18. The van der Waals surface area contributed by atoms with Crippen molar-refractivity contribution in [3.8, 4) is 11.1 Å². The summed E-state index contributed by atoms with van der Waals surface area (Å²) >= 11 is 0. The zero-order chi connectivity index (χ0) is 21.1. The lowest BCUT2D eigenvalue weighted by Crippen LogP contribution is -2.35. The topological polar surface area (TPSA) is 80.5 Å². The Bertz CT molecular complexity index is 1090. The van der Waals surface area contributed by atoms with Crippen molar-refractivity contribution in [2.24, 2.45) is 0 Å². The number of nitrogens with zero attached hydrogens (tertiary/aromatic N) is 3. The van der Waals surface area contributed by atoms with Gasteiger partial charge in [-0.05, 0) is 43.9 Å². The minimum absolute atomic E-state index is 0.00973. The molecule has 0 spiro atoms. The molecule has 30 heavy (non-hydrogen) atoms. The maximum absolute atomic E-state index is 5.60. The van der Waals surface area contributed by atoms with Gasteiger partial charge in [0.05, 0.1) is 5.69 Å². The van der Waals surface area contributed by atoms with Crippen molar-refractivity contribution in [2.75, 3.05) is 5.73 Å². The van der Waals surface area contributed by atoms with Crippen molar-refractivity contribution in [1.29, 1.82) is 0 Å². The Balaban J connectivity index is 1.64. The number of nitrogens with one attached hydrogen (secondary N) is 1. The molecule has 0 amide bonds. The molecule has 0 atom stereocenters. The van der Waals surface area contributed by atoms with E-state index in [-0.39, 0.29) is 11.4 Å². The Labute approximate surface area is 177 Å². The van der Waals surface area contributed by atoms with Crippen LogP contribution in [0, 0.1) is 0 Å². The average molecular weight is 398 g/mol. The molecule has 0 bridgehead atoms. The Kier molecular flexibility index (Phi) is 5.36. The van der Waals surface area contributed by atoms with E-state index in [1.807, 2.05) is 6.08 Å². The molecule has 4 rings (SSSR count). The normalized spacial score (nSPS) is 15.3. The van der Waals surface area contributed by atoms with Crippen LogP contribution in [0.25, 0.3) is 16.7 Å². The predicted octanol–water partition coefficient (Wildman–Crippen LogP) is 5.45. The number of nitrogens with two attached hydrogens (primary N) is 1. The van der Waals surface area contributed by atoms with Crippen molar-refractivity contribution in [1.82, 2.24) is 20.2 Å². The second kappa shape index (κ2) is 8.11. The third-order valence-electron chi connectivity index (χ3n) is 5.86. The molecule has 152 valence electrons. The Morgan fingerprint density at radius 2 is 1.77 bits per heavy atom. The lowest BCUT2D eigenvalue weighted by atomic mass is 9.62. The van der Waals surface area contributed by atoms with E-state index in [0.717, 1.165) is 40.9 Å². The van der Waals surface area contributed by atoms with E-state index in [2.05, 4.69) is 83.1 Å². The maximum Gasteiger partial charge on any atom is 0.219 e. The molecular weight excluding hydrogens is 370 g/mol. The number of hydrogen-bond donors (Lipinski definition) is 2. The first-order chi connectivity index (χ1) is 14.5. The predicted molar refractivity (Wildman–Crippen MR) is 123 cm³/mol. The molecule has 0 saturated heterocycles. The van der Waals surface area contributed by atoms with Crippen molar-refractivity contribution >= 4 is 11.5 Å². The lowest BCUT2D eigenvalue weighted by Gasteiger charge is -2.41. The second-order valence-electron chi connectivity index (χ2n) is 8.08. The molecule has 1 aromatic carbocycles. The van der Waals surface area contributed by atoms with Crippen LogP contribution in [0.3, 0.4) is 0 Å². The van der Waals surface area contributed by atoms with Gasteiger partial charge in [0, 0.05) is 34.6 Å². The van der Waals surface area contributed by atoms with E-state index in [9.17, 15) is 0 Å². The molecule has 2 aromatic heterocycles. The second-order valence-corrected chi connectivity index (χ2v) is 8.08. The standard InChI is InChI=1S/C25H27N5/c1-4-18(7-6-17(2)3)22-14-23(30-29-22)25(12-5-13-25)21-10-8-19(9-11-21)20-15-27-24(26)28-16-20/h4,6-11,14-16H,1,5,12-13H2,2-3H3,(H,29,30)(H2,26,27,28). The fourth-order valence-corrected chi connectivity index (χ4v) is 3.94. The molecule has 1 aliphatic rings. The highest BCUT2D eigenvalue weighted by atomic mass is 15.1. The van der Waals surface area contributed by atoms with Gasteiger partial charge < -0.3 is 5.73 Å². The van der Waals surface area contributed by atoms with Crippen LogP contribution in [0.2, 0.25) is 0 Å². The summed E-state index contributed by atoms with van der Waals surface area (Å²) in [5.41, 5.74) is 13.3. The van der Waals surface area contributed by atoms with Gasteiger partial charge in [-0.2, -0.15) is 5.10 Å². The molecule has 0 unspecified atom stereocenters. The van der Waals surface area contributed by atoms with Crippen LogP contribution >= 0.6 is 0 Å². The summed E-state index contributed by atoms with van der Waals surface area (Å²) in [7, 11) is 0. The van der Waals surface area contributed by atoms with Crippen LogP contribution in [0.15, 0.2) is 73.1 Å². The Hall–Kier alpha value is -3.47. The molecule has 0 aliphatic heterocycles. The zero-order valence-electron chi connectivity index (χ0n) is 17.5. The van der Waals surface area contributed by atoms with Crippen LogP contribution in [-0.4, -0.2) is 20.2 Å². The summed E-state index contributed by atoms with van der Waals surface area (Å²) in [5, 5.41) is 7.90. The van der Waals surface area contributed by atoms with Gasteiger partial charge in [0.15, 0.2) is 0 Å². The average Bonchev–Trinajstić information content (AvgIpc) is 3.19. The van der Waals surface area contributed by atoms with Gasteiger partial charge in [-0.1, -0.05) is 61.1 Å². The van der Waals surface area contributed by atoms with Gasteiger partial charge >= 0.3 is 0 Å². The van der Waals surface area contributed by atoms with Crippen molar-refractivity contribution in [3.63, 3.8) is 0 Å². The first-order valence-electron chi connectivity index (χ1n) is 10.2. The molecule has 1 fully saturated rings. The number of H-pyrrole nitrogens is 1. The third-order valence-corrected chi connectivity index (χ3v) is 5.86. The van der Waals surface area contributed by atoms with E-state index in [4.69, 9.17) is 5.73 Å². The van der Waals surface area contributed by atoms with E-state index in [0.29, 0.717) is 0 Å². The van der Waals surface area contributed by atoms with Gasteiger partial charge in [0.25, 0.3) is 0 Å². The highest BCUT2D eigenvalue weighted by molar-refractivity contribution is 5.73. The summed E-state index contributed by atoms with van der Waals surface area (Å²) < 4.78 is 0. The van der Waals surface area contributed by atoms with Gasteiger partial charge in [0.2, 0.25) is 5.95 Å². The van der Waals surface area contributed by atoms with Crippen LogP contribution in [0.5, 0.6) is 0 Å². The molecule has 0 radical (unpaired) electrons. The van der Waals surface area contributed by atoms with E-state index >= 15 is 0 Å². The number of allylic oxidation sites excluding steroid dienone is 5. The van der Waals surface area contributed by atoms with Crippen LogP contribution in [0.1, 0.15) is 50.1 Å². The van der Waals surface area contributed by atoms with Crippen LogP contribution < -0.4 is 5.73 Å². The fourth-order valence-electron chi connectivity index (χ4n) is 3.94. The van der Waals surface area contributed by atoms with Gasteiger partial charge in [-0.15, -0.1) is 0 Å². The molecule has 1 saturated carbocycles. The van der Waals surface area contributed by atoms with E-state index < -0.39 is 0 Å². The molecule has 5 nitrogen and oxygen atoms in total. The summed E-state index contributed by atoms with van der Waals surface area (Å²) in [6.45, 7) is 8.11. The molecule has 3 aromatic rings. The first kappa shape index (κ1) is 19.8. The smallest absolute Gasteiger partial charge is 0.219 e. The molecule has 1 aliphatic carbocycles. The summed E-state index contributed by atoms with van der Waals surface area (Å²) in [5.74, 6) is 0.288. The minimum Gasteiger partial charge on any atom is -0.368 e. The lowest BCUT2D eigenvalue weighted by molar-refractivity contribution is 0.293. The van der Waals surface area contributed by atoms with E-state index in [1.165, 1.54) is 17.6 Å². The molecule has 5 heteroatoms. The number of hydrogen-bond acceptors (Lipinski definition) is 4. The summed E-state index contributed by atoms with van der Waals surface area (Å²) in [6.07, 6.45) is 13.0. The first-order valence-corrected chi connectivity index (χ1v) is 10.2. The Morgan fingerprint density at radius 1 is 1.07 bits per heavy atom. The highest BCUT2D eigenvalue weighted by Crippen LogP contribution is 2.48. The SMILES string of the molecule is C=CC(=CC=C(C)C)c1cc(C2(c3ccc(-c4cnc(N)nc4)cc3)CCC2)[nH]n1. The monoisotopic (exact) mass is 397 g/mol. The maximum atomic E-state index is 5.60. The van der Waals surface area contributed by atoms with E-state index in [1.54, 1.807) is 12.4 Å². The summed E-state index contributed by atoms with van der Waals surface area (Å²) in [6, 6.07) is 10.8. The third kappa shape index (κ3) is 3.71. The number of aromatic nitrogens is 4. The van der Waals surface area contributed by atoms with Crippen molar-refractivity contribution in [2.45, 2.75) is 38.5 Å². The van der Waals surface area contributed by atoms with Crippen molar-refractivity contribution < 1.29 is 0 Å². The van der Waals surface area contributed by atoms with Gasteiger partial charge in [0.1, 0.15) is 0 Å². The highest BCUT2D eigenvalue weighted by Gasteiger charge is 2.41. The minimum atomic E-state index is -0.00973. The number of nitrogen functional groups attached to an aromatic ring is 1. The fraction of sp³-hybridized carbons (Fsp3) is 0.240. The van der Waals surface area contributed by atoms with Gasteiger partial charge in [-0.25, -0.2) is 9.97 Å². The molecule has 2 heterocycles. The van der Waals surface area contributed by atoms with Crippen LogP contribution in [0.4, 0.5) is 5.95 Å². The number of aromatic amines is 1. The number of anilines is 1.